The number of benzene rings is 2. The fourth-order valence-electron chi connectivity index (χ4n) is 2.15. The molecule has 8 heteroatoms. The summed E-state index contributed by atoms with van der Waals surface area (Å²) in [5.74, 6) is -2.55. The van der Waals surface area contributed by atoms with Crippen LogP contribution in [0.2, 0.25) is 5.02 Å². The third kappa shape index (κ3) is 3.76. The second-order valence-electron chi connectivity index (χ2n) is 5.06. The van der Waals surface area contributed by atoms with Crippen LogP contribution in [0.3, 0.4) is 0 Å². The summed E-state index contributed by atoms with van der Waals surface area (Å²) in [5.41, 5.74) is 6.46. The summed E-state index contributed by atoms with van der Waals surface area (Å²) in [5, 5.41) is 30.8. The van der Waals surface area contributed by atoms with Gasteiger partial charge in [-0.05, 0) is 23.8 Å². The van der Waals surface area contributed by atoms with Crippen LogP contribution in [0.1, 0.15) is 15.9 Å². The lowest BCUT2D eigenvalue weighted by molar-refractivity contribution is -0.138. The van der Waals surface area contributed by atoms with E-state index in [2.05, 4.69) is 5.32 Å². The van der Waals surface area contributed by atoms with Gasteiger partial charge in [-0.15, -0.1) is 0 Å². The Morgan fingerprint density at radius 2 is 1.83 bits per heavy atom. The molecule has 6 N–H and O–H groups in total. The summed E-state index contributed by atoms with van der Waals surface area (Å²) >= 11 is 6.10. The molecular formula is C16H15ClN2O5. The number of hydrogen-bond donors (Lipinski definition) is 5. The van der Waals surface area contributed by atoms with Crippen molar-refractivity contribution >= 4 is 34.9 Å². The van der Waals surface area contributed by atoms with Gasteiger partial charge in [-0.3, -0.25) is 4.79 Å². The average molecular weight is 351 g/mol. The maximum absolute atomic E-state index is 11.3. The minimum Gasteiger partial charge on any atom is -0.506 e. The lowest BCUT2D eigenvalue weighted by Gasteiger charge is -2.17. The number of aliphatic carboxylic acids is 1. The number of phenols is 1. The monoisotopic (exact) mass is 350 g/mol. The van der Waals surface area contributed by atoms with E-state index in [1.165, 1.54) is 24.3 Å². The molecule has 0 saturated heterocycles. The van der Waals surface area contributed by atoms with Crippen LogP contribution in [0.15, 0.2) is 36.4 Å². The van der Waals surface area contributed by atoms with Crippen molar-refractivity contribution in [2.24, 2.45) is 5.73 Å². The number of hydrogen-bond acceptors (Lipinski definition) is 5. The fourth-order valence-corrected chi connectivity index (χ4v) is 2.38. The van der Waals surface area contributed by atoms with Gasteiger partial charge in [-0.25, -0.2) is 4.79 Å². The Hall–Kier alpha value is -2.77. The molecule has 0 saturated carbocycles. The number of aromatic carboxylic acids is 1. The van der Waals surface area contributed by atoms with E-state index >= 15 is 0 Å². The van der Waals surface area contributed by atoms with E-state index in [1.54, 1.807) is 12.1 Å². The number of carboxylic acid groups (broad SMARTS) is 2. The molecule has 0 aromatic heterocycles. The molecule has 126 valence electrons. The van der Waals surface area contributed by atoms with Gasteiger partial charge in [0.15, 0.2) is 0 Å². The molecule has 0 amide bonds. The molecule has 0 unspecified atom stereocenters. The molecule has 2 rings (SSSR count). The molecule has 0 heterocycles. The third-order valence-electron chi connectivity index (χ3n) is 3.38. The van der Waals surface area contributed by atoms with Gasteiger partial charge in [0.1, 0.15) is 16.8 Å². The van der Waals surface area contributed by atoms with E-state index in [9.17, 15) is 19.8 Å². The lowest BCUT2D eigenvalue weighted by Crippen LogP contribution is -2.32. The van der Waals surface area contributed by atoms with Crippen LogP contribution in [-0.2, 0) is 11.2 Å². The summed E-state index contributed by atoms with van der Waals surface area (Å²) in [6, 6.07) is 7.78. The van der Waals surface area contributed by atoms with Gasteiger partial charge >= 0.3 is 11.9 Å². The normalized spacial score (nSPS) is 11.8. The zero-order valence-electron chi connectivity index (χ0n) is 12.4. The molecule has 0 spiro atoms. The molecule has 0 bridgehead atoms. The highest BCUT2D eigenvalue weighted by Crippen LogP contribution is 2.37. The predicted molar refractivity (Wildman–Crippen MR) is 89.1 cm³/mol. The molecule has 0 aliphatic heterocycles. The first-order valence-electron chi connectivity index (χ1n) is 6.89. The zero-order chi connectivity index (χ0) is 17.9. The van der Waals surface area contributed by atoms with Crippen molar-refractivity contribution in [3.05, 3.63) is 52.5 Å². The van der Waals surface area contributed by atoms with E-state index < -0.39 is 18.0 Å². The van der Waals surface area contributed by atoms with Gasteiger partial charge in [0.05, 0.1) is 16.9 Å². The van der Waals surface area contributed by atoms with Gasteiger partial charge in [0.2, 0.25) is 0 Å². The number of rotatable bonds is 6. The van der Waals surface area contributed by atoms with Crippen molar-refractivity contribution < 1.29 is 24.9 Å². The maximum Gasteiger partial charge on any atom is 0.337 e. The van der Waals surface area contributed by atoms with Crippen molar-refractivity contribution in [1.82, 2.24) is 0 Å². The van der Waals surface area contributed by atoms with Gasteiger partial charge in [-0.1, -0.05) is 29.8 Å². The number of phenolic OH excluding ortho intramolecular Hbond substituents is 1. The fraction of sp³-hybridized carbons (Fsp3) is 0.125. The van der Waals surface area contributed by atoms with Crippen molar-refractivity contribution in [2.75, 3.05) is 5.32 Å². The Balaban J connectivity index is 2.47. The van der Waals surface area contributed by atoms with Crippen LogP contribution in [0.5, 0.6) is 5.75 Å². The molecular weight excluding hydrogens is 336 g/mol. The summed E-state index contributed by atoms with van der Waals surface area (Å²) in [7, 11) is 0. The minimum absolute atomic E-state index is 0.00499. The summed E-state index contributed by atoms with van der Waals surface area (Å²) in [6.45, 7) is 0. The Kier molecular flexibility index (Phi) is 5.28. The molecule has 1 atom stereocenters. The van der Waals surface area contributed by atoms with Crippen molar-refractivity contribution in [2.45, 2.75) is 12.5 Å². The molecule has 2 aromatic carbocycles. The molecule has 2 aromatic rings. The van der Waals surface area contributed by atoms with Gasteiger partial charge in [-0.2, -0.15) is 0 Å². The second kappa shape index (κ2) is 7.20. The quantitative estimate of drug-likeness (QED) is 0.540. The number of anilines is 2. The van der Waals surface area contributed by atoms with Crippen LogP contribution >= 0.6 is 11.6 Å². The van der Waals surface area contributed by atoms with Crippen molar-refractivity contribution in [1.29, 1.82) is 0 Å². The Bertz CT molecular complexity index is 794. The maximum atomic E-state index is 11.3. The predicted octanol–water partition coefficient (Wildman–Crippen LogP) is 2.44. The standard InChI is InChI=1S/C16H15ClN2O5/c17-13-12(20)6-5-8(7-10(18)16(23)24)14(13)19-11-4-2-1-3-9(11)15(21)22/h1-6,10,19-20H,7,18H2,(H,21,22)(H,23,24)/t10-/m0/s1. The summed E-state index contributed by atoms with van der Waals surface area (Å²) in [4.78, 5) is 22.3. The largest absolute Gasteiger partial charge is 0.506 e. The van der Waals surface area contributed by atoms with Gasteiger partial charge < -0.3 is 26.4 Å². The highest BCUT2D eigenvalue weighted by molar-refractivity contribution is 6.35. The lowest BCUT2D eigenvalue weighted by atomic mass is 10.0. The smallest absolute Gasteiger partial charge is 0.337 e. The molecule has 24 heavy (non-hydrogen) atoms. The van der Waals surface area contributed by atoms with Gasteiger partial charge in [0.25, 0.3) is 0 Å². The van der Waals surface area contributed by atoms with Crippen molar-refractivity contribution in [3.63, 3.8) is 0 Å². The van der Waals surface area contributed by atoms with Crippen LogP contribution in [0, 0.1) is 0 Å². The van der Waals surface area contributed by atoms with Crippen LogP contribution in [-0.4, -0.2) is 33.3 Å². The SMILES string of the molecule is N[C@@H](Cc1ccc(O)c(Cl)c1Nc1ccccc1C(=O)O)C(=O)O. The topological polar surface area (TPSA) is 133 Å². The number of nitrogens with one attached hydrogen (secondary N) is 1. The zero-order valence-corrected chi connectivity index (χ0v) is 13.1. The second-order valence-corrected chi connectivity index (χ2v) is 5.44. The third-order valence-corrected chi connectivity index (χ3v) is 3.76. The first-order valence-corrected chi connectivity index (χ1v) is 7.27. The van der Waals surface area contributed by atoms with E-state index in [0.717, 1.165) is 0 Å². The van der Waals surface area contributed by atoms with Crippen LogP contribution in [0.4, 0.5) is 11.4 Å². The first-order chi connectivity index (χ1) is 11.3. The number of aromatic hydroxyl groups is 1. The van der Waals surface area contributed by atoms with E-state index in [0.29, 0.717) is 5.56 Å². The van der Waals surface area contributed by atoms with E-state index in [-0.39, 0.29) is 34.1 Å². The number of halogens is 1. The molecule has 0 fully saturated rings. The number of carbonyl (C=O) groups is 2. The Labute approximate surface area is 142 Å². The first kappa shape index (κ1) is 17.6. The number of carboxylic acids is 2. The molecule has 0 aliphatic rings. The number of para-hydroxylation sites is 1. The van der Waals surface area contributed by atoms with Crippen LogP contribution < -0.4 is 11.1 Å². The number of nitrogens with two attached hydrogens (primary N) is 1. The molecule has 7 nitrogen and oxygen atoms in total. The average Bonchev–Trinajstić information content (AvgIpc) is 2.54. The van der Waals surface area contributed by atoms with Gasteiger partial charge in [0, 0.05) is 6.42 Å². The Morgan fingerprint density at radius 3 is 2.46 bits per heavy atom. The van der Waals surface area contributed by atoms with Crippen molar-refractivity contribution in [3.8, 4) is 5.75 Å². The van der Waals surface area contributed by atoms with Crippen LogP contribution in [0.25, 0.3) is 0 Å². The Morgan fingerprint density at radius 1 is 1.17 bits per heavy atom. The highest BCUT2D eigenvalue weighted by atomic mass is 35.5. The van der Waals surface area contributed by atoms with E-state index in [1.807, 2.05) is 0 Å². The summed E-state index contributed by atoms with van der Waals surface area (Å²) < 4.78 is 0. The summed E-state index contributed by atoms with van der Waals surface area (Å²) in [6.07, 6.45) is -0.0487. The minimum atomic E-state index is -1.18. The molecule has 0 radical (unpaired) electrons. The molecule has 0 aliphatic carbocycles. The highest BCUT2D eigenvalue weighted by Gasteiger charge is 2.19. The van der Waals surface area contributed by atoms with E-state index in [4.69, 9.17) is 22.4 Å².